The third-order valence-electron chi connectivity index (χ3n) is 3.28. The zero-order valence-electron chi connectivity index (χ0n) is 10.2. The average molecular weight is 315 g/mol. The van der Waals surface area contributed by atoms with Gasteiger partial charge in [0.1, 0.15) is 17.9 Å². The molecular formula is C10H13N5O3S2. The fourth-order valence-electron chi connectivity index (χ4n) is 2.26. The van der Waals surface area contributed by atoms with Crippen LogP contribution in [-0.4, -0.2) is 53.8 Å². The molecule has 2 aromatic heterocycles. The predicted molar refractivity (Wildman–Crippen MR) is 77.1 cm³/mol. The number of thiol groups is 1. The monoisotopic (exact) mass is 315 g/mol. The lowest BCUT2D eigenvalue weighted by atomic mass is 10.2. The summed E-state index contributed by atoms with van der Waals surface area (Å²) in [6.07, 6.45) is 0.839. The van der Waals surface area contributed by atoms with Gasteiger partial charge in [-0.2, -0.15) is 0 Å². The molecule has 0 aromatic carbocycles. The quantitative estimate of drug-likeness (QED) is 0.446. The Kier molecular flexibility index (Phi) is 3.73. The molecule has 3 heterocycles. The molecule has 0 saturated carbocycles. The van der Waals surface area contributed by atoms with Crippen LogP contribution in [0, 0.1) is 0 Å². The van der Waals surface area contributed by atoms with E-state index in [9.17, 15) is 10.2 Å². The van der Waals surface area contributed by atoms with Gasteiger partial charge in [0.25, 0.3) is 0 Å². The van der Waals surface area contributed by atoms with Crippen LogP contribution in [0.5, 0.6) is 0 Å². The lowest BCUT2D eigenvalue weighted by Crippen LogP contribution is -2.30. The molecule has 3 rings (SSSR count). The Bertz CT molecular complexity index is 624. The summed E-state index contributed by atoms with van der Waals surface area (Å²) in [4.78, 5) is 12.2. The third-order valence-corrected chi connectivity index (χ3v) is 4.76. The van der Waals surface area contributed by atoms with Gasteiger partial charge >= 0.3 is 0 Å². The van der Waals surface area contributed by atoms with Crippen molar-refractivity contribution < 1.29 is 14.9 Å². The van der Waals surface area contributed by atoms with Crippen molar-refractivity contribution in [2.75, 3.05) is 12.3 Å². The molecule has 1 fully saturated rings. The highest BCUT2D eigenvalue weighted by atomic mass is 33.1. The summed E-state index contributed by atoms with van der Waals surface area (Å²) in [5.74, 6) is 0.279. The number of nitrogens with zero attached hydrogens (tertiary/aromatic N) is 4. The Labute approximate surface area is 123 Å². The van der Waals surface area contributed by atoms with E-state index in [1.807, 2.05) is 0 Å². The first-order chi connectivity index (χ1) is 9.67. The summed E-state index contributed by atoms with van der Waals surface area (Å²) in [5.41, 5.74) is 6.73. The number of aliphatic hydroxyl groups excluding tert-OH is 2. The van der Waals surface area contributed by atoms with Crippen molar-refractivity contribution in [3.8, 4) is 0 Å². The van der Waals surface area contributed by atoms with Gasteiger partial charge in [-0.1, -0.05) is 10.8 Å². The number of fused-ring (bicyclic) bond motifs is 1. The highest BCUT2D eigenvalue weighted by Crippen LogP contribution is 2.40. The second-order valence-corrected chi connectivity index (χ2v) is 5.78. The molecule has 0 bridgehead atoms. The van der Waals surface area contributed by atoms with Gasteiger partial charge in [0, 0.05) is 0 Å². The highest BCUT2D eigenvalue weighted by molar-refractivity contribution is 8.68. The number of hydrogen-bond acceptors (Lipinski definition) is 9. The normalized spacial score (nSPS) is 30.1. The molecule has 4 atom stereocenters. The van der Waals surface area contributed by atoms with E-state index in [4.69, 9.17) is 10.5 Å². The summed E-state index contributed by atoms with van der Waals surface area (Å²) in [6, 6.07) is 0. The zero-order chi connectivity index (χ0) is 14.3. The molecule has 108 valence electrons. The number of anilines is 1. The summed E-state index contributed by atoms with van der Waals surface area (Å²) in [6.45, 7) is -0.272. The van der Waals surface area contributed by atoms with E-state index in [0.717, 1.165) is 10.8 Å². The lowest BCUT2D eigenvalue weighted by Gasteiger charge is -2.18. The Morgan fingerprint density at radius 1 is 1.45 bits per heavy atom. The van der Waals surface area contributed by atoms with E-state index in [1.54, 1.807) is 4.57 Å². The molecule has 1 aliphatic heterocycles. The van der Waals surface area contributed by atoms with Crippen LogP contribution < -0.4 is 5.73 Å². The van der Waals surface area contributed by atoms with Crippen LogP contribution in [0.15, 0.2) is 12.7 Å². The molecule has 4 N–H and O–H groups in total. The maximum Gasteiger partial charge on any atom is 0.167 e. The molecule has 0 radical (unpaired) electrons. The van der Waals surface area contributed by atoms with Gasteiger partial charge in [-0.05, 0) is 0 Å². The summed E-state index contributed by atoms with van der Waals surface area (Å²) < 4.78 is 7.34. The van der Waals surface area contributed by atoms with Crippen molar-refractivity contribution >= 4 is 39.4 Å². The van der Waals surface area contributed by atoms with Crippen molar-refractivity contribution in [1.29, 1.82) is 0 Å². The maximum atomic E-state index is 10.1. The van der Waals surface area contributed by atoms with Crippen LogP contribution in [0.1, 0.15) is 6.23 Å². The molecule has 1 aliphatic rings. The first-order valence-electron chi connectivity index (χ1n) is 5.85. The minimum Gasteiger partial charge on any atom is -0.394 e. The predicted octanol–water partition coefficient (Wildman–Crippen LogP) is -0.394. The first-order valence-corrected chi connectivity index (χ1v) is 7.78. The van der Waals surface area contributed by atoms with Gasteiger partial charge in [-0.3, -0.25) is 4.57 Å². The number of nitrogens with two attached hydrogens (primary N) is 1. The van der Waals surface area contributed by atoms with Crippen molar-refractivity contribution in [2.45, 2.75) is 23.7 Å². The number of hydrogen-bond donors (Lipinski definition) is 4. The van der Waals surface area contributed by atoms with Crippen molar-refractivity contribution in [3.63, 3.8) is 0 Å². The van der Waals surface area contributed by atoms with E-state index in [2.05, 4.69) is 26.6 Å². The summed E-state index contributed by atoms with van der Waals surface area (Å²) in [5, 5.41) is 19.0. The van der Waals surface area contributed by atoms with Gasteiger partial charge in [0.05, 0.1) is 24.3 Å². The van der Waals surface area contributed by atoms with E-state index < -0.39 is 18.4 Å². The van der Waals surface area contributed by atoms with Crippen LogP contribution in [-0.2, 0) is 4.74 Å². The number of aromatic nitrogens is 4. The topological polar surface area (TPSA) is 119 Å². The lowest BCUT2D eigenvalue weighted by molar-refractivity contribution is -0.0430. The number of ether oxygens (including phenoxy) is 1. The number of nitrogen functional groups attached to an aromatic ring is 1. The van der Waals surface area contributed by atoms with Crippen LogP contribution in [0.4, 0.5) is 5.82 Å². The molecule has 0 aliphatic carbocycles. The molecular weight excluding hydrogens is 302 g/mol. The number of imidazole rings is 1. The van der Waals surface area contributed by atoms with E-state index in [0.29, 0.717) is 11.2 Å². The molecule has 10 heteroatoms. The van der Waals surface area contributed by atoms with Gasteiger partial charge < -0.3 is 20.7 Å². The van der Waals surface area contributed by atoms with E-state index >= 15 is 0 Å². The Morgan fingerprint density at radius 3 is 2.95 bits per heavy atom. The first kappa shape index (κ1) is 13.9. The summed E-state index contributed by atoms with van der Waals surface area (Å²) >= 11 is 4.16. The molecule has 0 amide bonds. The average Bonchev–Trinajstić information content (AvgIpc) is 3.00. The van der Waals surface area contributed by atoms with E-state index in [-0.39, 0.29) is 17.7 Å². The van der Waals surface area contributed by atoms with E-state index in [1.165, 1.54) is 12.7 Å². The SMILES string of the molecule is Nc1ncnc2c1ncn2[C@@H]1O[C@H](CO)C(O)C1SS. The van der Waals surface area contributed by atoms with Crippen LogP contribution in [0.25, 0.3) is 11.2 Å². The van der Waals surface area contributed by atoms with Crippen molar-refractivity contribution in [2.24, 2.45) is 0 Å². The molecule has 1 saturated heterocycles. The highest BCUT2D eigenvalue weighted by Gasteiger charge is 2.44. The summed E-state index contributed by atoms with van der Waals surface area (Å²) in [7, 11) is 1.16. The van der Waals surface area contributed by atoms with Gasteiger partial charge in [-0.25, -0.2) is 15.0 Å². The number of aliphatic hydroxyl groups is 2. The fraction of sp³-hybridized carbons (Fsp3) is 0.500. The molecule has 20 heavy (non-hydrogen) atoms. The fourth-order valence-corrected chi connectivity index (χ4v) is 3.55. The van der Waals surface area contributed by atoms with Crippen LogP contribution in [0.2, 0.25) is 0 Å². The smallest absolute Gasteiger partial charge is 0.167 e. The second-order valence-electron chi connectivity index (χ2n) is 4.39. The van der Waals surface area contributed by atoms with Crippen LogP contribution in [0.3, 0.4) is 0 Å². The minimum absolute atomic E-state index is 0.272. The van der Waals surface area contributed by atoms with Gasteiger partial charge in [0.2, 0.25) is 0 Å². The van der Waals surface area contributed by atoms with Crippen LogP contribution >= 0.6 is 22.5 Å². The number of rotatable bonds is 3. The van der Waals surface area contributed by atoms with Crippen molar-refractivity contribution in [3.05, 3.63) is 12.7 Å². The largest absolute Gasteiger partial charge is 0.394 e. The Hall–Kier alpha value is -1.07. The van der Waals surface area contributed by atoms with Gasteiger partial charge in [-0.15, -0.1) is 11.7 Å². The Morgan fingerprint density at radius 2 is 2.25 bits per heavy atom. The minimum atomic E-state index is -0.830. The van der Waals surface area contributed by atoms with Crippen molar-refractivity contribution in [1.82, 2.24) is 19.5 Å². The third kappa shape index (κ3) is 2.04. The Balaban J connectivity index is 2.04. The second kappa shape index (κ2) is 5.37. The molecule has 8 nitrogen and oxygen atoms in total. The standard InChI is InChI=1S/C10H13N5O3S2/c11-8-5-9(13-2-12-8)15(3-14-5)10-7(20-19)6(17)4(1-16)18-10/h2-4,6-7,10,16-17,19H,1H2,(H2,11,12,13)/t4-,6?,7?,10-/m1/s1. The molecule has 0 spiro atoms. The zero-order valence-corrected chi connectivity index (χ0v) is 11.9. The van der Waals surface area contributed by atoms with Gasteiger partial charge in [0.15, 0.2) is 17.7 Å². The molecule has 2 aromatic rings. The maximum absolute atomic E-state index is 10.1. The molecule has 2 unspecified atom stereocenters.